The highest BCUT2D eigenvalue weighted by atomic mass is 35.5. The molecule has 0 unspecified atom stereocenters. The molecule has 0 fully saturated rings. The number of rotatable bonds is 6. The minimum absolute atomic E-state index is 0.136. The van der Waals surface area contributed by atoms with Crippen molar-refractivity contribution < 1.29 is 14.3 Å². The molecule has 4 aromatic rings. The number of ketones is 1. The van der Waals surface area contributed by atoms with Crippen molar-refractivity contribution in [2.24, 2.45) is 7.05 Å². The van der Waals surface area contributed by atoms with Crippen LogP contribution in [-0.4, -0.2) is 20.5 Å². The second-order valence-electron chi connectivity index (χ2n) is 6.66. The zero-order valence-corrected chi connectivity index (χ0v) is 17.1. The molecule has 0 radical (unpaired) electrons. The Bertz CT molecular complexity index is 1220. The third-order valence-electron chi connectivity index (χ3n) is 4.32. The van der Waals surface area contributed by atoms with E-state index in [-0.39, 0.29) is 5.78 Å². The quantitative estimate of drug-likeness (QED) is 0.363. The minimum atomic E-state index is -0.136. The van der Waals surface area contributed by atoms with Crippen LogP contribution in [0.2, 0.25) is 5.02 Å². The molecule has 0 amide bonds. The van der Waals surface area contributed by atoms with Crippen molar-refractivity contribution >= 4 is 17.4 Å². The average molecular weight is 420 g/mol. The number of carbonyl (C=O) groups is 1. The van der Waals surface area contributed by atoms with Crippen molar-refractivity contribution in [2.75, 3.05) is 0 Å². The SMILES string of the molecule is CC(=O)c1cc(Oc2ccnc(-c3cnn(C)c3)c2)ccc1Oc1cccc(Cl)c1. The van der Waals surface area contributed by atoms with Gasteiger partial charge in [-0.25, -0.2) is 0 Å². The van der Waals surface area contributed by atoms with Gasteiger partial charge in [0.05, 0.1) is 17.5 Å². The van der Waals surface area contributed by atoms with Gasteiger partial charge < -0.3 is 9.47 Å². The van der Waals surface area contributed by atoms with Crippen molar-refractivity contribution in [3.8, 4) is 34.3 Å². The molecular formula is C23H18ClN3O3. The maximum absolute atomic E-state index is 12.2. The number of nitrogens with zero attached hydrogens (tertiary/aromatic N) is 3. The molecule has 2 aromatic carbocycles. The maximum atomic E-state index is 12.2. The van der Waals surface area contributed by atoms with Crippen LogP contribution in [0.15, 0.2) is 73.2 Å². The Morgan fingerprint density at radius 1 is 1.00 bits per heavy atom. The molecular weight excluding hydrogens is 402 g/mol. The number of carbonyl (C=O) groups excluding carboxylic acids is 1. The van der Waals surface area contributed by atoms with Gasteiger partial charge in [-0.2, -0.15) is 5.10 Å². The van der Waals surface area contributed by atoms with Gasteiger partial charge in [-0.3, -0.25) is 14.5 Å². The molecule has 0 N–H and O–H groups in total. The standard InChI is InChI=1S/C23H18ClN3O3/c1-15(28)21-11-19(6-7-23(21)30-18-5-3-4-17(24)10-18)29-20-8-9-25-22(12-20)16-13-26-27(2)14-16/h3-14H,1-2H3. The number of Topliss-reactive ketones (excluding diaryl/α,β-unsaturated/α-hetero) is 1. The summed E-state index contributed by atoms with van der Waals surface area (Å²) < 4.78 is 13.5. The van der Waals surface area contributed by atoms with E-state index < -0.39 is 0 Å². The van der Waals surface area contributed by atoms with Gasteiger partial charge in [-0.15, -0.1) is 0 Å². The van der Waals surface area contributed by atoms with E-state index >= 15 is 0 Å². The van der Waals surface area contributed by atoms with Gasteiger partial charge in [0, 0.05) is 36.1 Å². The van der Waals surface area contributed by atoms with Crippen LogP contribution < -0.4 is 9.47 Å². The Morgan fingerprint density at radius 3 is 2.53 bits per heavy atom. The molecule has 0 aliphatic rings. The van der Waals surface area contributed by atoms with Crippen LogP contribution in [0.1, 0.15) is 17.3 Å². The number of hydrogen-bond donors (Lipinski definition) is 0. The molecule has 0 aliphatic heterocycles. The number of aryl methyl sites for hydroxylation is 1. The van der Waals surface area contributed by atoms with Crippen LogP contribution in [-0.2, 0) is 7.05 Å². The van der Waals surface area contributed by atoms with Crippen molar-refractivity contribution in [3.05, 3.63) is 83.8 Å². The van der Waals surface area contributed by atoms with E-state index in [0.717, 1.165) is 11.3 Å². The molecule has 2 heterocycles. The molecule has 4 rings (SSSR count). The van der Waals surface area contributed by atoms with Crippen LogP contribution in [0, 0.1) is 0 Å². The van der Waals surface area contributed by atoms with Crippen molar-refractivity contribution in [1.29, 1.82) is 0 Å². The van der Waals surface area contributed by atoms with Gasteiger partial charge in [0.15, 0.2) is 5.78 Å². The molecule has 0 saturated heterocycles. The first kappa shape index (κ1) is 19.7. The Hall–Kier alpha value is -3.64. The van der Waals surface area contributed by atoms with Crippen LogP contribution in [0.5, 0.6) is 23.0 Å². The number of hydrogen-bond acceptors (Lipinski definition) is 5. The zero-order valence-electron chi connectivity index (χ0n) is 16.4. The summed E-state index contributed by atoms with van der Waals surface area (Å²) in [6.45, 7) is 1.48. The van der Waals surface area contributed by atoms with Crippen molar-refractivity contribution in [3.63, 3.8) is 0 Å². The number of aromatic nitrogens is 3. The molecule has 7 heteroatoms. The largest absolute Gasteiger partial charge is 0.457 e. The lowest BCUT2D eigenvalue weighted by Gasteiger charge is -2.12. The highest BCUT2D eigenvalue weighted by Crippen LogP contribution is 2.32. The Labute approximate surface area is 178 Å². The molecule has 0 bridgehead atoms. The first-order valence-corrected chi connectivity index (χ1v) is 9.57. The highest BCUT2D eigenvalue weighted by molar-refractivity contribution is 6.30. The van der Waals surface area contributed by atoms with Crippen LogP contribution in [0.4, 0.5) is 0 Å². The molecule has 0 aliphatic carbocycles. The first-order valence-electron chi connectivity index (χ1n) is 9.19. The van der Waals surface area contributed by atoms with E-state index in [0.29, 0.717) is 33.6 Å². The molecule has 0 saturated carbocycles. The fourth-order valence-electron chi connectivity index (χ4n) is 2.92. The summed E-state index contributed by atoms with van der Waals surface area (Å²) in [4.78, 5) is 16.5. The molecule has 0 spiro atoms. The third kappa shape index (κ3) is 4.50. The summed E-state index contributed by atoms with van der Waals surface area (Å²) in [7, 11) is 1.85. The Kier molecular flexibility index (Phi) is 5.50. The molecule has 30 heavy (non-hydrogen) atoms. The second kappa shape index (κ2) is 8.39. The van der Waals surface area contributed by atoms with E-state index in [9.17, 15) is 4.79 Å². The van der Waals surface area contributed by atoms with E-state index in [4.69, 9.17) is 21.1 Å². The molecule has 150 valence electrons. The van der Waals surface area contributed by atoms with Crippen LogP contribution in [0.25, 0.3) is 11.3 Å². The predicted octanol–water partition coefficient (Wildman–Crippen LogP) is 5.92. The van der Waals surface area contributed by atoms with Crippen LogP contribution in [0.3, 0.4) is 0 Å². The monoisotopic (exact) mass is 419 g/mol. The van der Waals surface area contributed by atoms with Gasteiger partial charge in [-0.05, 0) is 49.4 Å². The molecule has 6 nitrogen and oxygen atoms in total. The van der Waals surface area contributed by atoms with Crippen molar-refractivity contribution in [2.45, 2.75) is 6.92 Å². The summed E-state index contributed by atoms with van der Waals surface area (Å²) in [6, 6.07) is 15.7. The lowest BCUT2D eigenvalue weighted by molar-refractivity contribution is 0.101. The number of ether oxygens (including phenoxy) is 2. The molecule has 2 aromatic heterocycles. The summed E-state index contributed by atoms with van der Waals surface area (Å²) in [5.41, 5.74) is 2.04. The normalized spacial score (nSPS) is 10.6. The third-order valence-corrected chi connectivity index (χ3v) is 4.56. The summed E-state index contributed by atoms with van der Waals surface area (Å²) in [5.74, 6) is 1.96. The fraction of sp³-hybridized carbons (Fsp3) is 0.0870. The first-order chi connectivity index (χ1) is 14.5. The van der Waals surface area contributed by atoms with Crippen molar-refractivity contribution in [1.82, 2.24) is 14.8 Å². The maximum Gasteiger partial charge on any atom is 0.163 e. The van der Waals surface area contributed by atoms with E-state index in [2.05, 4.69) is 10.1 Å². The minimum Gasteiger partial charge on any atom is -0.457 e. The summed E-state index contributed by atoms with van der Waals surface area (Å²) in [6.07, 6.45) is 5.28. The lowest BCUT2D eigenvalue weighted by atomic mass is 10.1. The van der Waals surface area contributed by atoms with Gasteiger partial charge in [0.25, 0.3) is 0 Å². The van der Waals surface area contributed by atoms with E-state index in [1.54, 1.807) is 65.6 Å². The number of pyridine rings is 1. The summed E-state index contributed by atoms with van der Waals surface area (Å²) >= 11 is 6.01. The Morgan fingerprint density at radius 2 is 1.80 bits per heavy atom. The molecule has 0 atom stereocenters. The van der Waals surface area contributed by atoms with E-state index in [1.165, 1.54) is 6.92 Å². The van der Waals surface area contributed by atoms with Gasteiger partial charge in [-0.1, -0.05) is 17.7 Å². The topological polar surface area (TPSA) is 66.2 Å². The summed E-state index contributed by atoms with van der Waals surface area (Å²) in [5, 5.41) is 4.72. The van der Waals surface area contributed by atoms with Gasteiger partial charge >= 0.3 is 0 Å². The predicted molar refractivity (Wildman–Crippen MR) is 114 cm³/mol. The number of halogens is 1. The average Bonchev–Trinajstić information content (AvgIpc) is 3.16. The number of benzene rings is 2. The fourth-order valence-corrected chi connectivity index (χ4v) is 3.10. The second-order valence-corrected chi connectivity index (χ2v) is 7.09. The zero-order chi connectivity index (χ0) is 21.1. The highest BCUT2D eigenvalue weighted by Gasteiger charge is 2.13. The van der Waals surface area contributed by atoms with Gasteiger partial charge in [0.1, 0.15) is 23.0 Å². The van der Waals surface area contributed by atoms with Crippen LogP contribution >= 0.6 is 11.6 Å². The van der Waals surface area contributed by atoms with E-state index in [1.807, 2.05) is 19.3 Å². The smallest absolute Gasteiger partial charge is 0.163 e. The van der Waals surface area contributed by atoms with Gasteiger partial charge in [0.2, 0.25) is 0 Å². The lowest BCUT2D eigenvalue weighted by Crippen LogP contribution is -1.98. The Balaban J connectivity index is 1.59.